The van der Waals surface area contributed by atoms with Gasteiger partial charge in [0.2, 0.25) is 0 Å². The molecule has 82 valence electrons. The highest BCUT2D eigenvalue weighted by molar-refractivity contribution is 8.13. The molecule has 1 aromatic rings. The summed E-state index contributed by atoms with van der Waals surface area (Å²) in [5, 5.41) is 0. The van der Waals surface area contributed by atoms with Crippen molar-refractivity contribution >= 4 is 19.7 Å². The van der Waals surface area contributed by atoms with Crippen LogP contribution in [0.4, 0.5) is 0 Å². The summed E-state index contributed by atoms with van der Waals surface area (Å²) in [5.41, 5.74) is 0.733. The van der Waals surface area contributed by atoms with Gasteiger partial charge < -0.3 is 4.74 Å². The summed E-state index contributed by atoms with van der Waals surface area (Å²) in [7, 11) is 1.63. The SMILES string of the molecule is CC1(C)COc2ccc(S(=O)(=O)Cl)cc21. The first-order valence-electron chi connectivity index (χ1n) is 4.53. The third kappa shape index (κ3) is 1.84. The van der Waals surface area contributed by atoms with Gasteiger partial charge in [-0.3, -0.25) is 0 Å². The van der Waals surface area contributed by atoms with E-state index < -0.39 is 9.05 Å². The summed E-state index contributed by atoms with van der Waals surface area (Å²) < 4.78 is 27.8. The molecule has 0 fully saturated rings. The van der Waals surface area contributed by atoms with E-state index in [-0.39, 0.29) is 10.3 Å². The van der Waals surface area contributed by atoms with Crippen molar-refractivity contribution in [2.24, 2.45) is 0 Å². The van der Waals surface area contributed by atoms with Gasteiger partial charge in [0.25, 0.3) is 9.05 Å². The number of hydrogen-bond donors (Lipinski definition) is 0. The van der Waals surface area contributed by atoms with E-state index in [2.05, 4.69) is 0 Å². The third-order valence-corrected chi connectivity index (χ3v) is 3.90. The maximum absolute atomic E-state index is 11.2. The first-order chi connectivity index (χ1) is 6.81. The summed E-state index contributed by atoms with van der Waals surface area (Å²) in [4.78, 5) is 0.126. The Balaban J connectivity index is 2.61. The van der Waals surface area contributed by atoms with Gasteiger partial charge in [-0.15, -0.1) is 0 Å². The third-order valence-electron chi connectivity index (χ3n) is 2.55. The van der Waals surface area contributed by atoms with Gasteiger partial charge >= 0.3 is 0 Å². The maximum atomic E-state index is 11.2. The lowest BCUT2D eigenvalue weighted by Gasteiger charge is -2.15. The molecule has 0 unspecified atom stereocenters. The van der Waals surface area contributed by atoms with E-state index in [0.717, 1.165) is 11.3 Å². The van der Waals surface area contributed by atoms with Crippen molar-refractivity contribution in [2.45, 2.75) is 24.2 Å². The number of benzene rings is 1. The number of halogens is 1. The van der Waals surface area contributed by atoms with Crippen LogP contribution in [0.15, 0.2) is 23.1 Å². The number of hydrogen-bond acceptors (Lipinski definition) is 3. The summed E-state index contributed by atoms with van der Waals surface area (Å²) in [6.07, 6.45) is 0. The monoisotopic (exact) mass is 246 g/mol. The standard InChI is InChI=1S/C10H11ClO3S/c1-10(2)6-14-9-4-3-7(5-8(9)10)15(11,12)13/h3-5H,6H2,1-2H3. The summed E-state index contributed by atoms with van der Waals surface area (Å²) in [5.74, 6) is 0.740. The molecule has 0 aromatic heterocycles. The summed E-state index contributed by atoms with van der Waals surface area (Å²) in [6, 6.07) is 4.70. The Morgan fingerprint density at radius 3 is 2.67 bits per heavy atom. The smallest absolute Gasteiger partial charge is 0.261 e. The maximum Gasteiger partial charge on any atom is 0.261 e. The molecule has 0 aliphatic carbocycles. The van der Waals surface area contributed by atoms with Gasteiger partial charge in [0, 0.05) is 21.7 Å². The van der Waals surface area contributed by atoms with E-state index >= 15 is 0 Å². The molecule has 1 aliphatic rings. The first-order valence-corrected chi connectivity index (χ1v) is 6.84. The fourth-order valence-electron chi connectivity index (χ4n) is 1.65. The fraction of sp³-hybridized carbons (Fsp3) is 0.400. The first kappa shape index (κ1) is 10.8. The van der Waals surface area contributed by atoms with Crippen LogP contribution in [0, 0.1) is 0 Å². The van der Waals surface area contributed by atoms with E-state index in [1.807, 2.05) is 13.8 Å². The van der Waals surface area contributed by atoms with E-state index in [0.29, 0.717) is 6.61 Å². The minimum atomic E-state index is -3.66. The molecule has 0 N–H and O–H groups in total. The van der Waals surface area contributed by atoms with Crippen molar-refractivity contribution < 1.29 is 13.2 Å². The molecule has 1 heterocycles. The van der Waals surface area contributed by atoms with Crippen molar-refractivity contribution in [3.05, 3.63) is 23.8 Å². The van der Waals surface area contributed by atoms with Gasteiger partial charge in [0.05, 0.1) is 11.5 Å². The van der Waals surface area contributed by atoms with Crippen molar-refractivity contribution in [3.8, 4) is 5.75 Å². The average Bonchev–Trinajstić information content (AvgIpc) is 2.41. The van der Waals surface area contributed by atoms with E-state index in [9.17, 15) is 8.42 Å². The van der Waals surface area contributed by atoms with E-state index in [4.69, 9.17) is 15.4 Å². The van der Waals surface area contributed by atoms with Crippen LogP contribution in [0.1, 0.15) is 19.4 Å². The van der Waals surface area contributed by atoms with Crippen molar-refractivity contribution in [1.82, 2.24) is 0 Å². The molecule has 1 aliphatic heterocycles. The molecule has 0 spiro atoms. The number of rotatable bonds is 1. The second-order valence-electron chi connectivity index (χ2n) is 4.27. The van der Waals surface area contributed by atoms with Gasteiger partial charge in [-0.25, -0.2) is 8.42 Å². The molecule has 0 amide bonds. The normalized spacial score (nSPS) is 18.3. The number of fused-ring (bicyclic) bond motifs is 1. The van der Waals surface area contributed by atoms with Gasteiger partial charge in [0.1, 0.15) is 5.75 Å². The minimum Gasteiger partial charge on any atom is -0.492 e. The van der Waals surface area contributed by atoms with E-state index in [1.54, 1.807) is 12.1 Å². The Morgan fingerprint density at radius 1 is 1.40 bits per heavy atom. The zero-order valence-electron chi connectivity index (χ0n) is 8.45. The number of ether oxygens (including phenoxy) is 1. The average molecular weight is 247 g/mol. The molecule has 1 aromatic carbocycles. The molecule has 0 saturated carbocycles. The van der Waals surface area contributed by atoms with Gasteiger partial charge in [-0.2, -0.15) is 0 Å². The predicted octanol–water partition coefficient (Wildman–Crippen LogP) is 2.28. The van der Waals surface area contributed by atoms with Crippen LogP contribution in [-0.2, 0) is 14.5 Å². The van der Waals surface area contributed by atoms with Crippen molar-refractivity contribution in [2.75, 3.05) is 6.61 Å². The van der Waals surface area contributed by atoms with Crippen LogP contribution >= 0.6 is 10.7 Å². The van der Waals surface area contributed by atoms with Crippen LogP contribution in [0.5, 0.6) is 5.75 Å². The highest BCUT2D eigenvalue weighted by Crippen LogP contribution is 2.39. The Bertz CT molecular complexity index is 505. The zero-order valence-corrected chi connectivity index (χ0v) is 10.0. The molecule has 0 atom stereocenters. The zero-order chi connectivity index (χ0) is 11.3. The highest BCUT2D eigenvalue weighted by Gasteiger charge is 2.32. The van der Waals surface area contributed by atoms with Crippen LogP contribution in [0.2, 0.25) is 0 Å². The largest absolute Gasteiger partial charge is 0.492 e. The summed E-state index contributed by atoms with van der Waals surface area (Å²) >= 11 is 0. The van der Waals surface area contributed by atoms with Crippen LogP contribution in [-0.4, -0.2) is 15.0 Å². The second-order valence-corrected chi connectivity index (χ2v) is 6.83. The molecule has 15 heavy (non-hydrogen) atoms. The molecular weight excluding hydrogens is 236 g/mol. The van der Waals surface area contributed by atoms with Crippen molar-refractivity contribution in [3.63, 3.8) is 0 Å². The Kier molecular flexibility index (Phi) is 2.24. The van der Waals surface area contributed by atoms with Crippen LogP contribution < -0.4 is 4.74 Å². The molecular formula is C10H11ClO3S. The highest BCUT2D eigenvalue weighted by atomic mass is 35.7. The lowest BCUT2D eigenvalue weighted by molar-refractivity contribution is 0.291. The fourth-order valence-corrected chi connectivity index (χ4v) is 2.43. The Hall–Kier alpha value is -0.740. The second kappa shape index (κ2) is 3.12. The van der Waals surface area contributed by atoms with Gasteiger partial charge in [-0.05, 0) is 18.2 Å². The van der Waals surface area contributed by atoms with Gasteiger partial charge in [0.15, 0.2) is 0 Å². The van der Waals surface area contributed by atoms with Crippen molar-refractivity contribution in [1.29, 1.82) is 0 Å². The van der Waals surface area contributed by atoms with Crippen LogP contribution in [0.25, 0.3) is 0 Å². The lowest BCUT2D eigenvalue weighted by atomic mass is 9.87. The minimum absolute atomic E-state index is 0.126. The van der Waals surface area contributed by atoms with E-state index in [1.165, 1.54) is 6.07 Å². The molecule has 2 rings (SSSR count). The molecule has 0 radical (unpaired) electrons. The molecule has 3 nitrogen and oxygen atoms in total. The Labute approximate surface area is 93.4 Å². The predicted molar refractivity (Wildman–Crippen MR) is 58.0 cm³/mol. The topological polar surface area (TPSA) is 43.4 Å². The Morgan fingerprint density at radius 2 is 2.07 bits per heavy atom. The molecule has 0 bridgehead atoms. The van der Waals surface area contributed by atoms with Crippen LogP contribution in [0.3, 0.4) is 0 Å². The van der Waals surface area contributed by atoms with Gasteiger partial charge in [-0.1, -0.05) is 13.8 Å². The molecule has 5 heteroatoms. The lowest BCUT2D eigenvalue weighted by Crippen LogP contribution is -2.18. The summed E-state index contributed by atoms with van der Waals surface area (Å²) in [6.45, 7) is 4.57. The quantitative estimate of drug-likeness (QED) is 0.714. The molecule has 0 saturated heterocycles.